The van der Waals surface area contributed by atoms with Crippen molar-refractivity contribution in [2.45, 2.75) is 100 Å². The van der Waals surface area contributed by atoms with Crippen LogP contribution in [0.5, 0.6) is 11.5 Å². The SMILES string of the molecule is C[C@]1(c2ccc(O)cc2)CSc2cc(O)ccc2C1CCCCCCCCCS(=O)CCCCCC(=O)O. The number of aromatic hydroxyl groups is 2. The summed E-state index contributed by atoms with van der Waals surface area (Å²) in [6.45, 7) is 2.34. The minimum Gasteiger partial charge on any atom is -0.508 e. The Hall–Kier alpha value is -1.99. The van der Waals surface area contributed by atoms with Crippen LogP contribution in [0.4, 0.5) is 0 Å². The Bertz CT molecular complexity index is 1040. The average molecular weight is 561 g/mol. The van der Waals surface area contributed by atoms with Crippen molar-refractivity contribution < 1.29 is 24.3 Å². The van der Waals surface area contributed by atoms with Crippen molar-refractivity contribution >= 4 is 28.5 Å². The van der Waals surface area contributed by atoms with Crippen molar-refractivity contribution in [1.82, 2.24) is 0 Å². The standard InChI is InChI=1S/C31H44O5S2/c1-31(24-14-16-25(32)17-15-24)23-37-29-22-26(33)18-19-27(29)28(31)12-8-5-3-2-4-6-10-20-38(36)21-11-7-9-13-30(34)35/h14-19,22,28,32-33H,2-13,20-21,23H2,1H3,(H,34,35)/t28?,31-,38?/m1/s1. The van der Waals surface area contributed by atoms with E-state index >= 15 is 0 Å². The van der Waals surface area contributed by atoms with Crippen LogP contribution in [0.2, 0.25) is 0 Å². The van der Waals surface area contributed by atoms with E-state index in [4.69, 9.17) is 5.11 Å². The summed E-state index contributed by atoms with van der Waals surface area (Å²) in [6, 6.07) is 13.5. The van der Waals surface area contributed by atoms with Crippen LogP contribution in [0.1, 0.15) is 101 Å². The van der Waals surface area contributed by atoms with Gasteiger partial charge in [0.25, 0.3) is 0 Å². The highest BCUT2D eigenvalue weighted by Gasteiger charge is 2.41. The number of thioether (sulfide) groups is 1. The zero-order valence-electron chi connectivity index (χ0n) is 22.7. The highest BCUT2D eigenvalue weighted by atomic mass is 32.2. The van der Waals surface area contributed by atoms with Crippen LogP contribution in [0.3, 0.4) is 0 Å². The molecule has 2 unspecified atom stereocenters. The molecule has 1 aliphatic heterocycles. The van der Waals surface area contributed by atoms with Gasteiger partial charge in [-0.25, -0.2) is 0 Å². The predicted octanol–water partition coefficient (Wildman–Crippen LogP) is 7.76. The fourth-order valence-corrected chi connectivity index (χ4v) is 8.18. The number of hydrogen-bond donors (Lipinski definition) is 3. The zero-order chi connectivity index (χ0) is 27.4. The third kappa shape index (κ3) is 9.33. The molecule has 0 spiro atoms. The number of aliphatic carboxylic acids is 1. The second-order valence-corrected chi connectivity index (χ2v) is 13.6. The molecule has 3 N–H and O–H groups in total. The molecule has 2 aromatic rings. The number of carboxylic acids is 1. The smallest absolute Gasteiger partial charge is 0.303 e. The summed E-state index contributed by atoms with van der Waals surface area (Å²) < 4.78 is 12.1. The number of phenolic OH excluding ortho intramolecular Hbond substituents is 2. The average Bonchev–Trinajstić information content (AvgIpc) is 2.88. The molecule has 2 aromatic carbocycles. The number of phenols is 2. The van der Waals surface area contributed by atoms with Gasteiger partial charge in [0.05, 0.1) is 0 Å². The molecule has 0 saturated carbocycles. The summed E-state index contributed by atoms with van der Waals surface area (Å²) in [5, 5.41) is 28.5. The largest absolute Gasteiger partial charge is 0.508 e. The maximum absolute atomic E-state index is 12.1. The van der Waals surface area contributed by atoms with E-state index in [2.05, 4.69) is 25.1 Å². The van der Waals surface area contributed by atoms with Crippen molar-refractivity contribution in [1.29, 1.82) is 0 Å². The van der Waals surface area contributed by atoms with Crippen molar-refractivity contribution in [2.75, 3.05) is 17.3 Å². The summed E-state index contributed by atoms with van der Waals surface area (Å²) in [7, 11) is -0.771. The molecular weight excluding hydrogens is 516 g/mol. The van der Waals surface area contributed by atoms with Gasteiger partial charge in [0.1, 0.15) is 11.5 Å². The second kappa shape index (κ2) is 15.6. The first-order chi connectivity index (χ1) is 18.3. The van der Waals surface area contributed by atoms with E-state index in [9.17, 15) is 19.2 Å². The summed E-state index contributed by atoms with van der Waals surface area (Å²) in [4.78, 5) is 11.7. The molecule has 0 amide bonds. The zero-order valence-corrected chi connectivity index (χ0v) is 24.3. The molecule has 210 valence electrons. The molecule has 0 bridgehead atoms. The topological polar surface area (TPSA) is 94.8 Å². The highest BCUT2D eigenvalue weighted by molar-refractivity contribution is 7.99. The third-order valence-electron chi connectivity index (χ3n) is 7.82. The fraction of sp³-hybridized carbons (Fsp3) is 0.581. The Morgan fingerprint density at radius 2 is 1.45 bits per heavy atom. The summed E-state index contributed by atoms with van der Waals surface area (Å²) in [5.41, 5.74) is 2.54. The van der Waals surface area contributed by atoms with Gasteiger partial charge >= 0.3 is 5.97 Å². The molecule has 0 aliphatic carbocycles. The van der Waals surface area contributed by atoms with Crippen LogP contribution in [0.15, 0.2) is 47.4 Å². The first-order valence-electron chi connectivity index (χ1n) is 14.1. The van der Waals surface area contributed by atoms with E-state index in [1.54, 1.807) is 12.1 Å². The van der Waals surface area contributed by atoms with E-state index in [-0.39, 0.29) is 11.8 Å². The fourth-order valence-electron chi connectivity index (χ4n) is 5.52. The lowest BCUT2D eigenvalue weighted by Crippen LogP contribution is -2.36. The number of hydrogen-bond acceptors (Lipinski definition) is 5. The molecule has 0 aromatic heterocycles. The molecule has 1 heterocycles. The lowest BCUT2D eigenvalue weighted by atomic mass is 9.68. The number of benzene rings is 2. The van der Waals surface area contributed by atoms with E-state index in [1.165, 1.54) is 41.7 Å². The van der Waals surface area contributed by atoms with E-state index in [0.717, 1.165) is 50.0 Å². The molecule has 5 nitrogen and oxygen atoms in total. The van der Waals surface area contributed by atoms with Gasteiger partial charge in [-0.15, -0.1) is 11.8 Å². The Morgan fingerprint density at radius 3 is 2.11 bits per heavy atom. The monoisotopic (exact) mass is 560 g/mol. The maximum atomic E-state index is 12.1. The molecule has 7 heteroatoms. The van der Waals surface area contributed by atoms with Gasteiger partial charge in [0, 0.05) is 44.8 Å². The summed E-state index contributed by atoms with van der Waals surface area (Å²) in [6.07, 6.45) is 11.8. The van der Waals surface area contributed by atoms with E-state index in [0.29, 0.717) is 29.6 Å². The van der Waals surface area contributed by atoms with E-state index in [1.807, 2.05) is 23.9 Å². The Kier molecular flexibility index (Phi) is 12.5. The number of unbranched alkanes of at least 4 members (excludes halogenated alkanes) is 8. The van der Waals surface area contributed by atoms with Crippen molar-refractivity contribution in [3.63, 3.8) is 0 Å². The normalized spacial score (nSPS) is 19.7. The Balaban J connectivity index is 1.38. The van der Waals surface area contributed by atoms with Gasteiger partial charge in [-0.05, 0) is 67.0 Å². The summed E-state index contributed by atoms with van der Waals surface area (Å²) >= 11 is 1.81. The van der Waals surface area contributed by atoms with Crippen LogP contribution in [0.25, 0.3) is 0 Å². The molecular formula is C31H44O5S2. The first kappa shape index (κ1) is 30.6. The Labute approximate surface area is 234 Å². The van der Waals surface area contributed by atoms with Crippen LogP contribution < -0.4 is 0 Å². The molecule has 38 heavy (non-hydrogen) atoms. The van der Waals surface area contributed by atoms with Crippen LogP contribution in [0, 0.1) is 0 Å². The Morgan fingerprint density at radius 1 is 0.868 bits per heavy atom. The van der Waals surface area contributed by atoms with Crippen molar-refractivity contribution in [3.8, 4) is 11.5 Å². The lowest BCUT2D eigenvalue weighted by molar-refractivity contribution is -0.137. The number of rotatable bonds is 17. The van der Waals surface area contributed by atoms with Gasteiger partial charge in [-0.2, -0.15) is 0 Å². The van der Waals surface area contributed by atoms with Gasteiger partial charge in [0.15, 0.2) is 0 Å². The van der Waals surface area contributed by atoms with Crippen molar-refractivity contribution in [2.24, 2.45) is 0 Å². The van der Waals surface area contributed by atoms with E-state index < -0.39 is 16.8 Å². The third-order valence-corrected chi connectivity index (χ3v) is 10.7. The molecule has 3 atom stereocenters. The molecule has 3 rings (SSSR count). The molecule has 0 radical (unpaired) electrons. The number of fused-ring (bicyclic) bond motifs is 1. The van der Waals surface area contributed by atoms with Crippen LogP contribution >= 0.6 is 11.8 Å². The molecule has 0 fully saturated rings. The van der Waals surface area contributed by atoms with Gasteiger partial charge in [0.2, 0.25) is 0 Å². The highest BCUT2D eigenvalue weighted by Crippen LogP contribution is 2.52. The van der Waals surface area contributed by atoms with Gasteiger partial charge in [-0.1, -0.05) is 70.1 Å². The van der Waals surface area contributed by atoms with Crippen LogP contribution in [-0.4, -0.2) is 42.8 Å². The summed E-state index contributed by atoms with van der Waals surface area (Å²) in [5.74, 6) is 2.64. The van der Waals surface area contributed by atoms with Gasteiger partial charge in [-0.3, -0.25) is 9.00 Å². The predicted molar refractivity (Wildman–Crippen MR) is 158 cm³/mol. The first-order valence-corrected chi connectivity index (χ1v) is 16.6. The molecule has 0 saturated heterocycles. The van der Waals surface area contributed by atoms with Crippen molar-refractivity contribution in [3.05, 3.63) is 53.6 Å². The number of carbonyl (C=O) groups is 1. The maximum Gasteiger partial charge on any atom is 0.303 e. The molecule has 1 aliphatic rings. The minimum absolute atomic E-state index is 0.0335. The van der Waals surface area contributed by atoms with Crippen LogP contribution in [-0.2, 0) is 21.0 Å². The number of carboxylic acid groups (broad SMARTS) is 1. The van der Waals surface area contributed by atoms with Gasteiger partial charge < -0.3 is 15.3 Å². The lowest BCUT2D eigenvalue weighted by Gasteiger charge is -2.43. The second-order valence-electron chi connectivity index (χ2n) is 10.8. The quantitative estimate of drug-likeness (QED) is 0.171. The minimum atomic E-state index is -0.771.